The zero-order valence-electron chi connectivity index (χ0n) is 8.31. The Kier molecular flexibility index (Phi) is 4.26. The molecule has 1 aromatic rings. The summed E-state index contributed by atoms with van der Waals surface area (Å²) in [7, 11) is 0. The second-order valence-electron chi connectivity index (χ2n) is 2.88. The summed E-state index contributed by atoms with van der Waals surface area (Å²) in [5, 5.41) is 36.3. The number of benzene rings is 1. The lowest BCUT2D eigenvalue weighted by Crippen LogP contribution is -2.11. The number of hydrogen-bond acceptors (Lipinski definition) is 7. The van der Waals surface area contributed by atoms with Crippen molar-refractivity contribution in [2.75, 3.05) is 11.0 Å². The monoisotopic (exact) mass is 260 g/mol. The summed E-state index contributed by atoms with van der Waals surface area (Å²) in [6.45, 7) is 0. The van der Waals surface area contributed by atoms with Crippen molar-refractivity contribution in [1.82, 2.24) is 0 Å². The van der Waals surface area contributed by atoms with Crippen LogP contribution in [0.25, 0.3) is 0 Å². The quantitative estimate of drug-likeness (QED) is 0.411. The molecule has 0 bridgehead atoms. The first-order valence-electron chi connectivity index (χ1n) is 4.22. The standard InChI is InChI=1S/C8H8N2O6S/c11-8(12)4-17-7-2-1-5(9(13)14)3-6(7)10(15)16/h1-3,13-14H,4H2,(H,11,12). The van der Waals surface area contributed by atoms with E-state index in [1.165, 1.54) is 12.1 Å². The maximum atomic E-state index is 10.7. The summed E-state index contributed by atoms with van der Waals surface area (Å²) in [6, 6.07) is 3.40. The van der Waals surface area contributed by atoms with Gasteiger partial charge >= 0.3 is 5.97 Å². The Bertz CT molecular complexity index is 450. The number of thioether (sulfide) groups is 1. The highest BCUT2D eigenvalue weighted by atomic mass is 32.2. The lowest BCUT2D eigenvalue weighted by atomic mass is 10.3. The summed E-state index contributed by atoms with van der Waals surface area (Å²) in [5.74, 6) is -1.42. The fourth-order valence-corrected chi connectivity index (χ4v) is 1.76. The van der Waals surface area contributed by atoms with Gasteiger partial charge in [-0.15, -0.1) is 17.0 Å². The van der Waals surface area contributed by atoms with Crippen LogP contribution < -0.4 is 5.23 Å². The van der Waals surface area contributed by atoms with Crippen LogP contribution in [0.4, 0.5) is 11.4 Å². The van der Waals surface area contributed by atoms with Gasteiger partial charge in [-0.3, -0.25) is 25.3 Å². The number of carboxylic acid groups (broad SMARTS) is 1. The highest BCUT2D eigenvalue weighted by Crippen LogP contribution is 2.32. The van der Waals surface area contributed by atoms with Crippen molar-refractivity contribution < 1.29 is 25.2 Å². The fraction of sp³-hybridized carbons (Fsp3) is 0.125. The number of aliphatic carboxylic acids is 1. The van der Waals surface area contributed by atoms with Crippen LogP contribution in [0.1, 0.15) is 0 Å². The third-order valence-electron chi connectivity index (χ3n) is 1.72. The molecule has 1 rings (SSSR count). The molecule has 0 aliphatic heterocycles. The fourth-order valence-electron chi connectivity index (χ4n) is 1.03. The Morgan fingerprint density at radius 3 is 2.59 bits per heavy atom. The number of anilines is 1. The molecule has 0 fully saturated rings. The van der Waals surface area contributed by atoms with E-state index in [9.17, 15) is 14.9 Å². The Hall–Kier alpha value is -1.84. The van der Waals surface area contributed by atoms with E-state index in [4.69, 9.17) is 15.5 Å². The van der Waals surface area contributed by atoms with E-state index in [1.54, 1.807) is 0 Å². The van der Waals surface area contributed by atoms with Crippen molar-refractivity contribution in [2.45, 2.75) is 4.90 Å². The van der Waals surface area contributed by atoms with Gasteiger partial charge in [-0.25, -0.2) is 0 Å². The van der Waals surface area contributed by atoms with Gasteiger partial charge in [0.05, 0.1) is 15.6 Å². The number of nitro benzene ring substituents is 1. The molecular formula is C8H8N2O6S. The molecule has 0 saturated heterocycles. The molecule has 9 heteroatoms. The van der Waals surface area contributed by atoms with Crippen molar-refractivity contribution in [3.8, 4) is 0 Å². The van der Waals surface area contributed by atoms with Crippen LogP contribution >= 0.6 is 11.8 Å². The molecule has 0 saturated carbocycles. The normalized spacial score (nSPS) is 10.0. The average Bonchev–Trinajstić information content (AvgIpc) is 2.25. The van der Waals surface area contributed by atoms with Crippen LogP contribution in [0, 0.1) is 10.1 Å². The van der Waals surface area contributed by atoms with Crippen molar-refractivity contribution in [3.05, 3.63) is 28.3 Å². The van der Waals surface area contributed by atoms with Crippen molar-refractivity contribution in [1.29, 1.82) is 0 Å². The van der Waals surface area contributed by atoms with E-state index in [1.807, 2.05) is 0 Å². The minimum absolute atomic E-state index is 0.142. The number of hydrogen-bond donors (Lipinski definition) is 3. The zero-order chi connectivity index (χ0) is 13.0. The Labute approximate surface area is 99.1 Å². The number of nitro groups is 1. The molecule has 1 aromatic carbocycles. The van der Waals surface area contributed by atoms with Crippen LogP contribution in [0.15, 0.2) is 23.1 Å². The second-order valence-corrected chi connectivity index (χ2v) is 3.90. The number of nitrogens with zero attached hydrogens (tertiary/aromatic N) is 2. The van der Waals surface area contributed by atoms with Gasteiger partial charge in [0, 0.05) is 6.07 Å². The smallest absolute Gasteiger partial charge is 0.313 e. The van der Waals surface area contributed by atoms with Gasteiger partial charge in [-0.1, -0.05) is 0 Å². The lowest BCUT2D eigenvalue weighted by Gasteiger charge is -2.08. The average molecular weight is 260 g/mol. The zero-order valence-corrected chi connectivity index (χ0v) is 9.12. The van der Waals surface area contributed by atoms with Gasteiger partial charge in [-0.2, -0.15) is 0 Å². The Balaban J connectivity index is 3.04. The maximum absolute atomic E-state index is 10.7. The molecule has 0 radical (unpaired) electrons. The van der Waals surface area contributed by atoms with Gasteiger partial charge in [0.15, 0.2) is 0 Å². The highest BCUT2D eigenvalue weighted by molar-refractivity contribution is 8.00. The molecule has 0 spiro atoms. The third-order valence-corrected chi connectivity index (χ3v) is 2.77. The predicted molar refractivity (Wildman–Crippen MR) is 57.5 cm³/mol. The topological polar surface area (TPSA) is 124 Å². The SMILES string of the molecule is O=C(O)CSc1ccc(N(O)O)cc1[N+](=O)[O-]. The molecule has 17 heavy (non-hydrogen) atoms. The maximum Gasteiger partial charge on any atom is 0.313 e. The Morgan fingerprint density at radius 2 is 2.12 bits per heavy atom. The number of rotatable bonds is 5. The molecular weight excluding hydrogens is 252 g/mol. The van der Waals surface area contributed by atoms with Gasteiger partial charge in [0.2, 0.25) is 0 Å². The molecule has 0 amide bonds. The molecule has 0 aromatic heterocycles. The number of carbonyl (C=O) groups is 1. The van der Waals surface area contributed by atoms with Crippen LogP contribution in [0.5, 0.6) is 0 Å². The van der Waals surface area contributed by atoms with E-state index in [2.05, 4.69) is 0 Å². The van der Waals surface area contributed by atoms with Crippen molar-refractivity contribution in [2.24, 2.45) is 0 Å². The first-order chi connectivity index (χ1) is 7.91. The van der Waals surface area contributed by atoms with Gasteiger partial charge < -0.3 is 5.11 Å². The van der Waals surface area contributed by atoms with E-state index >= 15 is 0 Å². The minimum atomic E-state index is -1.10. The van der Waals surface area contributed by atoms with Crippen molar-refractivity contribution >= 4 is 29.1 Å². The third kappa shape index (κ3) is 3.59. The van der Waals surface area contributed by atoms with E-state index in [-0.39, 0.29) is 27.2 Å². The van der Waals surface area contributed by atoms with E-state index in [0.717, 1.165) is 17.8 Å². The summed E-state index contributed by atoms with van der Waals surface area (Å²) in [4.78, 5) is 20.5. The van der Waals surface area contributed by atoms with Gasteiger partial charge in [0.25, 0.3) is 5.69 Å². The van der Waals surface area contributed by atoms with Crippen LogP contribution in [-0.4, -0.2) is 32.2 Å². The molecule has 0 aliphatic carbocycles. The van der Waals surface area contributed by atoms with E-state index < -0.39 is 10.9 Å². The summed E-state index contributed by atoms with van der Waals surface area (Å²) in [5.41, 5.74) is -0.571. The molecule has 3 N–H and O–H groups in total. The van der Waals surface area contributed by atoms with Crippen LogP contribution in [-0.2, 0) is 4.79 Å². The van der Waals surface area contributed by atoms with Crippen LogP contribution in [0.3, 0.4) is 0 Å². The molecule has 92 valence electrons. The Morgan fingerprint density at radius 1 is 1.47 bits per heavy atom. The van der Waals surface area contributed by atoms with Crippen LogP contribution in [0.2, 0.25) is 0 Å². The first kappa shape index (κ1) is 13.2. The minimum Gasteiger partial charge on any atom is -0.481 e. The lowest BCUT2D eigenvalue weighted by molar-refractivity contribution is -0.387. The molecule has 0 unspecified atom stereocenters. The van der Waals surface area contributed by atoms with Crippen molar-refractivity contribution in [3.63, 3.8) is 0 Å². The first-order valence-corrected chi connectivity index (χ1v) is 5.21. The highest BCUT2D eigenvalue weighted by Gasteiger charge is 2.17. The number of carboxylic acids is 1. The van der Waals surface area contributed by atoms with Gasteiger partial charge in [0.1, 0.15) is 5.69 Å². The molecule has 0 aliphatic rings. The predicted octanol–water partition coefficient (Wildman–Crippen LogP) is 1.36. The molecule has 0 heterocycles. The molecule has 0 atom stereocenters. The summed E-state index contributed by atoms with van der Waals surface area (Å²) >= 11 is 0.781. The molecule has 8 nitrogen and oxygen atoms in total. The summed E-state index contributed by atoms with van der Waals surface area (Å²) < 4.78 is 0. The second kappa shape index (κ2) is 5.48. The van der Waals surface area contributed by atoms with E-state index in [0.29, 0.717) is 0 Å². The van der Waals surface area contributed by atoms with Gasteiger partial charge in [-0.05, 0) is 12.1 Å². The summed E-state index contributed by atoms with van der Waals surface area (Å²) in [6.07, 6.45) is 0. The largest absolute Gasteiger partial charge is 0.481 e.